The molecule has 0 spiro atoms. The number of aromatic nitrogens is 2. The summed E-state index contributed by atoms with van der Waals surface area (Å²) in [5, 5.41) is 6.30. The maximum absolute atomic E-state index is 12.2. The third-order valence-corrected chi connectivity index (χ3v) is 3.61. The van der Waals surface area contributed by atoms with Gasteiger partial charge in [0.25, 0.3) is 0 Å². The van der Waals surface area contributed by atoms with Crippen LogP contribution in [0.25, 0.3) is 0 Å². The van der Waals surface area contributed by atoms with Gasteiger partial charge in [0.2, 0.25) is 5.91 Å². The Kier molecular flexibility index (Phi) is 7.41. The van der Waals surface area contributed by atoms with E-state index in [2.05, 4.69) is 22.5 Å². The highest BCUT2D eigenvalue weighted by molar-refractivity contribution is 5.86. The largest absolute Gasteiger partial charge is 0.347 e. The molecular formula is C12H22Cl2N4O. The summed E-state index contributed by atoms with van der Waals surface area (Å²) in [6.07, 6.45) is 6.45. The Bertz CT molecular complexity index is 402. The predicted molar refractivity (Wildman–Crippen MR) is 79.8 cm³/mol. The fourth-order valence-corrected chi connectivity index (χ4v) is 2.36. The second-order valence-corrected chi connectivity index (χ2v) is 4.60. The minimum atomic E-state index is -0.356. The molecule has 5 nitrogen and oxygen atoms in total. The minimum absolute atomic E-state index is 0. The van der Waals surface area contributed by atoms with Crippen molar-refractivity contribution in [3.05, 3.63) is 18.2 Å². The van der Waals surface area contributed by atoms with E-state index >= 15 is 0 Å². The van der Waals surface area contributed by atoms with Crippen LogP contribution < -0.4 is 10.6 Å². The highest BCUT2D eigenvalue weighted by Gasteiger charge is 2.38. The predicted octanol–water partition coefficient (Wildman–Crippen LogP) is 1.41. The molecule has 110 valence electrons. The number of carbonyl (C=O) groups is 1. The molecule has 0 aliphatic carbocycles. The lowest BCUT2D eigenvalue weighted by atomic mass is 9.93. The van der Waals surface area contributed by atoms with Crippen LogP contribution in [-0.4, -0.2) is 27.5 Å². The van der Waals surface area contributed by atoms with Crippen LogP contribution in [0.2, 0.25) is 0 Å². The molecule has 1 amide bonds. The van der Waals surface area contributed by atoms with Gasteiger partial charge in [-0.3, -0.25) is 4.79 Å². The third kappa shape index (κ3) is 3.84. The Labute approximate surface area is 126 Å². The van der Waals surface area contributed by atoms with Crippen molar-refractivity contribution in [3.8, 4) is 0 Å². The Morgan fingerprint density at radius 3 is 2.79 bits per heavy atom. The zero-order valence-corrected chi connectivity index (χ0v) is 12.9. The smallest absolute Gasteiger partial charge is 0.240 e. The summed E-state index contributed by atoms with van der Waals surface area (Å²) < 4.78 is 1.92. The first-order valence-corrected chi connectivity index (χ1v) is 6.17. The van der Waals surface area contributed by atoms with Crippen LogP contribution >= 0.6 is 24.8 Å². The van der Waals surface area contributed by atoms with Gasteiger partial charge in [-0.15, -0.1) is 24.8 Å². The molecule has 19 heavy (non-hydrogen) atoms. The molecule has 1 aliphatic rings. The molecule has 2 rings (SSSR count). The third-order valence-electron chi connectivity index (χ3n) is 3.61. The second kappa shape index (κ2) is 7.72. The van der Waals surface area contributed by atoms with Crippen LogP contribution in [-0.2, 0) is 18.4 Å². The van der Waals surface area contributed by atoms with Crippen molar-refractivity contribution < 1.29 is 4.79 Å². The molecular weight excluding hydrogens is 287 g/mol. The van der Waals surface area contributed by atoms with Crippen LogP contribution in [0.5, 0.6) is 0 Å². The van der Waals surface area contributed by atoms with Gasteiger partial charge >= 0.3 is 0 Å². The van der Waals surface area contributed by atoms with Gasteiger partial charge < -0.3 is 15.2 Å². The number of rotatable bonds is 4. The Morgan fingerprint density at radius 1 is 1.58 bits per heavy atom. The quantitative estimate of drug-likeness (QED) is 0.884. The Balaban J connectivity index is 0.00000162. The number of nitrogens with zero attached hydrogens (tertiary/aromatic N) is 2. The molecule has 1 aliphatic heterocycles. The average Bonchev–Trinajstić information content (AvgIpc) is 2.95. The fourth-order valence-electron chi connectivity index (χ4n) is 2.36. The van der Waals surface area contributed by atoms with Crippen LogP contribution in [0.3, 0.4) is 0 Å². The molecule has 1 aromatic heterocycles. The van der Waals surface area contributed by atoms with Crippen molar-refractivity contribution in [2.75, 3.05) is 6.54 Å². The van der Waals surface area contributed by atoms with Crippen molar-refractivity contribution in [1.82, 2.24) is 20.2 Å². The Hall–Kier alpha value is -0.780. The van der Waals surface area contributed by atoms with Crippen molar-refractivity contribution >= 4 is 30.7 Å². The SMILES string of the molecule is CCC1(C(=O)NCc2nccn2C)CCCN1.Cl.Cl. The molecule has 0 aromatic carbocycles. The van der Waals surface area contributed by atoms with E-state index in [1.807, 2.05) is 17.8 Å². The number of amides is 1. The fraction of sp³-hybridized carbons (Fsp3) is 0.667. The molecule has 2 N–H and O–H groups in total. The van der Waals surface area contributed by atoms with E-state index in [0.717, 1.165) is 31.6 Å². The summed E-state index contributed by atoms with van der Waals surface area (Å²) in [4.78, 5) is 16.4. The molecule has 1 unspecified atom stereocenters. The van der Waals surface area contributed by atoms with E-state index in [4.69, 9.17) is 0 Å². The van der Waals surface area contributed by atoms with Crippen LogP contribution in [0, 0.1) is 0 Å². The maximum Gasteiger partial charge on any atom is 0.240 e. The number of hydrogen-bond donors (Lipinski definition) is 2. The molecule has 0 saturated carbocycles. The van der Waals surface area contributed by atoms with Crippen LogP contribution in [0.15, 0.2) is 12.4 Å². The number of hydrogen-bond acceptors (Lipinski definition) is 3. The summed E-state index contributed by atoms with van der Waals surface area (Å²) in [7, 11) is 1.93. The zero-order chi connectivity index (χ0) is 12.3. The summed E-state index contributed by atoms with van der Waals surface area (Å²) >= 11 is 0. The first-order valence-electron chi connectivity index (χ1n) is 6.17. The van der Waals surface area contributed by atoms with Crippen molar-refractivity contribution in [2.24, 2.45) is 7.05 Å². The topological polar surface area (TPSA) is 59.0 Å². The molecule has 7 heteroatoms. The number of halogens is 2. The van der Waals surface area contributed by atoms with Gasteiger partial charge in [0.1, 0.15) is 5.82 Å². The molecule has 1 fully saturated rings. The molecule has 2 heterocycles. The van der Waals surface area contributed by atoms with E-state index in [-0.39, 0.29) is 36.3 Å². The van der Waals surface area contributed by atoms with E-state index in [9.17, 15) is 4.79 Å². The molecule has 1 saturated heterocycles. The van der Waals surface area contributed by atoms with E-state index < -0.39 is 0 Å². The summed E-state index contributed by atoms with van der Waals surface area (Å²) in [6, 6.07) is 0. The average molecular weight is 309 g/mol. The number of carbonyl (C=O) groups excluding carboxylic acids is 1. The van der Waals surface area contributed by atoms with Crippen molar-refractivity contribution in [1.29, 1.82) is 0 Å². The van der Waals surface area contributed by atoms with Crippen molar-refractivity contribution in [2.45, 2.75) is 38.3 Å². The first-order chi connectivity index (χ1) is 8.18. The summed E-state index contributed by atoms with van der Waals surface area (Å²) in [6.45, 7) is 3.48. The highest BCUT2D eigenvalue weighted by Crippen LogP contribution is 2.23. The van der Waals surface area contributed by atoms with Gasteiger partial charge in [0, 0.05) is 19.4 Å². The monoisotopic (exact) mass is 308 g/mol. The molecule has 0 radical (unpaired) electrons. The van der Waals surface area contributed by atoms with E-state index in [0.29, 0.717) is 6.54 Å². The lowest BCUT2D eigenvalue weighted by Crippen LogP contribution is -2.52. The molecule has 0 bridgehead atoms. The standard InChI is InChI=1S/C12H20N4O.2ClH/c1-3-12(5-4-6-15-12)11(17)14-9-10-13-7-8-16(10)2;;/h7-8,15H,3-6,9H2,1-2H3,(H,14,17);2*1H. The first kappa shape index (κ1) is 18.2. The number of aryl methyl sites for hydroxylation is 1. The van der Waals surface area contributed by atoms with E-state index in [1.54, 1.807) is 6.20 Å². The number of imidazole rings is 1. The lowest BCUT2D eigenvalue weighted by molar-refractivity contribution is -0.127. The van der Waals surface area contributed by atoms with E-state index in [1.165, 1.54) is 0 Å². The van der Waals surface area contributed by atoms with Gasteiger partial charge in [-0.05, 0) is 25.8 Å². The van der Waals surface area contributed by atoms with Crippen LogP contribution in [0.4, 0.5) is 0 Å². The van der Waals surface area contributed by atoms with Crippen molar-refractivity contribution in [3.63, 3.8) is 0 Å². The maximum atomic E-state index is 12.2. The number of nitrogens with one attached hydrogen (secondary N) is 2. The van der Waals surface area contributed by atoms with Gasteiger partial charge in [-0.1, -0.05) is 6.92 Å². The van der Waals surface area contributed by atoms with Gasteiger partial charge in [-0.2, -0.15) is 0 Å². The normalized spacial score (nSPS) is 21.4. The second-order valence-electron chi connectivity index (χ2n) is 4.60. The minimum Gasteiger partial charge on any atom is -0.347 e. The van der Waals surface area contributed by atoms with Crippen LogP contribution in [0.1, 0.15) is 32.0 Å². The van der Waals surface area contributed by atoms with Gasteiger partial charge in [-0.25, -0.2) is 4.98 Å². The lowest BCUT2D eigenvalue weighted by Gasteiger charge is -2.26. The summed E-state index contributed by atoms with van der Waals surface area (Å²) in [5.74, 6) is 0.975. The summed E-state index contributed by atoms with van der Waals surface area (Å²) in [5.41, 5.74) is -0.356. The van der Waals surface area contributed by atoms with Gasteiger partial charge in [0.05, 0.1) is 12.1 Å². The van der Waals surface area contributed by atoms with Gasteiger partial charge in [0.15, 0.2) is 0 Å². The highest BCUT2D eigenvalue weighted by atomic mass is 35.5. The molecule has 1 atom stereocenters. The Morgan fingerprint density at radius 2 is 2.32 bits per heavy atom. The zero-order valence-electron chi connectivity index (χ0n) is 11.3. The molecule has 1 aromatic rings.